The summed E-state index contributed by atoms with van der Waals surface area (Å²) < 4.78 is 12.7. The van der Waals surface area contributed by atoms with E-state index in [1.54, 1.807) is 12.3 Å². The second-order valence-electron chi connectivity index (χ2n) is 8.00. The van der Waals surface area contributed by atoms with Crippen LogP contribution in [0, 0.1) is 11.3 Å². The first-order valence-electron chi connectivity index (χ1n) is 10.4. The maximum atomic E-state index is 12.8. The summed E-state index contributed by atoms with van der Waals surface area (Å²) in [5.74, 6) is 1.36. The Morgan fingerprint density at radius 1 is 1.20 bits per heavy atom. The minimum absolute atomic E-state index is 0.0746. The van der Waals surface area contributed by atoms with Crippen molar-refractivity contribution in [3.8, 4) is 6.07 Å². The zero-order valence-corrected chi connectivity index (χ0v) is 17.9. The summed E-state index contributed by atoms with van der Waals surface area (Å²) in [5, 5.41) is 8.90. The van der Waals surface area contributed by atoms with Gasteiger partial charge in [-0.15, -0.1) is 0 Å². The van der Waals surface area contributed by atoms with E-state index in [-0.39, 0.29) is 23.2 Å². The number of benzene rings is 1. The molecule has 0 N–H and O–H groups in total. The van der Waals surface area contributed by atoms with Crippen LogP contribution >= 0.6 is 0 Å². The third kappa shape index (κ3) is 4.24. The number of rotatable bonds is 6. The Kier molecular flexibility index (Phi) is 6.14. The molecule has 2 fully saturated rings. The van der Waals surface area contributed by atoms with Crippen molar-refractivity contribution in [3.63, 3.8) is 0 Å². The van der Waals surface area contributed by atoms with E-state index in [1.165, 1.54) is 0 Å². The van der Waals surface area contributed by atoms with E-state index in [1.807, 2.05) is 48.2 Å². The summed E-state index contributed by atoms with van der Waals surface area (Å²) in [5.41, 5.74) is 1.60. The Labute approximate surface area is 180 Å². The van der Waals surface area contributed by atoms with Gasteiger partial charge < -0.3 is 9.80 Å². The lowest BCUT2D eigenvalue weighted by Gasteiger charge is -2.41. The van der Waals surface area contributed by atoms with E-state index >= 15 is 0 Å². The number of carbonyl (C=O) groups excluding carboxylic acids is 1. The van der Waals surface area contributed by atoms with Gasteiger partial charge in [0.25, 0.3) is 0 Å². The molecular formula is C23H26N4O2S. The van der Waals surface area contributed by atoms with Gasteiger partial charge in [-0.1, -0.05) is 30.3 Å². The Morgan fingerprint density at radius 2 is 1.90 bits per heavy atom. The lowest BCUT2D eigenvalue weighted by molar-refractivity contribution is -0.131. The summed E-state index contributed by atoms with van der Waals surface area (Å²) in [6.07, 6.45) is 3.99. The molecule has 2 aliphatic heterocycles. The minimum Gasteiger partial charge on any atom is -0.347 e. The number of piperazine rings is 1. The van der Waals surface area contributed by atoms with Gasteiger partial charge in [-0.2, -0.15) is 5.26 Å². The Hall–Kier alpha value is -2.72. The van der Waals surface area contributed by atoms with Crippen molar-refractivity contribution in [2.45, 2.75) is 43.5 Å². The maximum absolute atomic E-state index is 12.8. The van der Waals surface area contributed by atoms with Crippen molar-refractivity contribution in [3.05, 3.63) is 59.8 Å². The van der Waals surface area contributed by atoms with Crippen molar-refractivity contribution >= 4 is 22.5 Å². The molecule has 2 bridgehead atoms. The molecule has 0 saturated carbocycles. The Morgan fingerprint density at radius 3 is 2.50 bits per heavy atom. The number of anilines is 1. The Balaban J connectivity index is 1.33. The van der Waals surface area contributed by atoms with Crippen molar-refractivity contribution in [1.82, 2.24) is 9.88 Å². The largest absolute Gasteiger partial charge is 0.347 e. The first kappa shape index (κ1) is 20.5. The molecule has 2 aromatic rings. The van der Waals surface area contributed by atoms with Gasteiger partial charge in [0.2, 0.25) is 5.91 Å². The molecule has 6 nitrogen and oxygen atoms in total. The third-order valence-electron chi connectivity index (χ3n) is 6.16. The molecule has 1 aromatic carbocycles. The van der Waals surface area contributed by atoms with E-state index in [9.17, 15) is 9.00 Å². The molecule has 0 spiro atoms. The Bertz CT molecular complexity index is 943. The molecule has 7 heteroatoms. The predicted octanol–water partition coefficient (Wildman–Crippen LogP) is 3.03. The van der Waals surface area contributed by atoms with Crippen molar-refractivity contribution < 1.29 is 9.00 Å². The van der Waals surface area contributed by atoms with Gasteiger partial charge in [0.15, 0.2) is 0 Å². The van der Waals surface area contributed by atoms with Crippen LogP contribution in [-0.2, 0) is 15.6 Å². The minimum atomic E-state index is -1.08. The highest BCUT2D eigenvalue weighted by Gasteiger charge is 2.41. The molecule has 1 aromatic heterocycles. The number of hydrogen-bond acceptors (Lipinski definition) is 5. The number of nitrogens with zero attached hydrogens (tertiary/aromatic N) is 4. The average Bonchev–Trinajstić information content (AvgIpc) is 3.06. The fraction of sp³-hybridized carbons (Fsp3) is 0.435. The van der Waals surface area contributed by atoms with Gasteiger partial charge in [0.05, 0.1) is 10.8 Å². The topological polar surface area (TPSA) is 77.3 Å². The van der Waals surface area contributed by atoms with Crippen LogP contribution in [0.2, 0.25) is 0 Å². The number of aromatic nitrogens is 1. The van der Waals surface area contributed by atoms with Crippen LogP contribution in [0.1, 0.15) is 42.6 Å². The third-order valence-corrected chi connectivity index (χ3v) is 7.82. The van der Waals surface area contributed by atoms with Crippen LogP contribution in [0.25, 0.3) is 0 Å². The SMILES string of the molecule is CC(c1ccccc1)S(=O)CCC(=O)N1CC2CC[C@@H](C1)N2c1ccc(C#N)cn1. The number of fused-ring (bicyclic) bond motifs is 2. The normalized spacial score (nSPS) is 22.4. The average molecular weight is 423 g/mol. The molecule has 0 radical (unpaired) electrons. The highest BCUT2D eigenvalue weighted by atomic mass is 32.2. The van der Waals surface area contributed by atoms with Crippen LogP contribution in [0.15, 0.2) is 48.7 Å². The van der Waals surface area contributed by atoms with Crippen LogP contribution in [0.5, 0.6) is 0 Å². The highest BCUT2D eigenvalue weighted by Crippen LogP contribution is 2.34. The number of nitriles is 1. The first-order chi connectivity index (χ1) is 14.6. The summed E-state index contributed by atoms with van der Waals surface area (Å²) >= 11 is 0. The van der Waals surface area contributed by atoms with Gasteiger partial charge in [-0.05, 0) is 37.5 Å². The van der Waals surface area contributed by atoms with Crippen LogP contribution in [0.4, 0.5) is 5.82 Å². The van der Waals surface area contributed by atoms with Gasteiger partial charge in [-0.3, -0.25) is 9.00 Å². The summed E-state index contributed by atoms with van der Waals surface area (Å²) in [4.78, 5) is 21.5. The number of amides is 1. The van der Waals surface area contributed by atoms with E-state index in [4.69, 9.17) is 5.26 Å². The van der Waals surface area contributed by atoms with E-state index in [2.05, 4.69) is 16.0 Å². The molecule has 156 valence electrons. The second-order valence-corrected chi connectivity index (χ2v) is 9.87. The lowest BCUT2D eigenvalue weighted by atomic mass is 10.1. The zero-order chi connectivity index (χ0) is 21.1. The molecule has 2 aliphatic rings. The molecule has 0 aliphatic carbocycles. The molecule has 2 saturated heterocycles. The number of carbonyl (C=O) groups is 1. The fourth-order valence-corrected chi connectivity index (χ4v) is 5.67. The van der Waals surface area contributed by atoms with Crippen molar-refractivity contribution in [2.24, 2.45) is 0 Å². The molecule has 3 unspecified atom stereocenters. The van der Waals surface area contributed by atoms with Crippen LogP contribution < -0.4 is 4.90 Å². The molecule has 1 amide bonds. The summed E-state index contributed by atoms with van der Waals surface area (Å²) in [6.45, 7) is 3.31. The van der Waals surface area contributed by atoms with Gasteiger partial charge in [0.1, 0.15) is 11.9 Å². The molecule has 30 heavy (non-hydrogen) atoms. The highest BCUT2D eigenvalue weighted by molar-refractivity contribution is 7.85. The molecule has 3 heterocycles. The van der Waals surface area contributed by atoms with E-state index in [0.717, 1.165) is 24.2 Å². The number of hydrogen-bond donors (Lipinski definition) is 0. The predicted molar refractivity (Wildman–Crippen MR) is 117 cm³/mol. The van der Waals surface area contributed by atoms with Gasteiger partial charge >= 0.3 is 0 Å². The van der Waals surface area contributed by atoms with Crippen LogP contribution in [0.3, 0.4) is 0 Å². The van der Waals surface area contributed by atoms with E-state index < -0.39 is 10.8 Å². The first-order valence-corrected chi connectivity index (χ1v) is 11.8. The number of likely N-dealkylation sites (tertiary alicyclic amines) is 1. The van der Waals surface area contributed by atoms with Crippen LogP contribution in [-0.4, -0.2) is 50.9 Å². The molecular weight excluding hydrogens is 396 g/mol. The van der Waals surface area contributed by atoms with Crippen molar-refractivity contribution in [2.75, 3.05) is 23.7 Å². The fourth-order valence-electron chi connectivity index (χ4n) is 4.48. The standard InChI is InChI=1S/C23H26N4O2S/c1-17(19-5-3-2-4-6-19)30(29)12-11-23(28)26-15-20-8-9-21(16-26)27(20)22-10-7-18(13-24)14-25-22/h2-7,10,14,17,20-21H,8-9,11-12,15-16H2,1H3/t17?,20-,21?,30?/m0/s1. The lowest BCUT2D eigenvalue weighted by Crippen LogP contribution is -2.55. The van der Waals surface area contributed by atoms with E-state index in [0.29, 0.717) is 30.8 Å². The number of pyridine rings is 1. The monoisotopic (exact) mass is 422 g/mol. The molecule has 4 rings (SSSR count). The smallest absolute Gasteiger partial charge is 0.223 e. The quantitative estimate of drug-likeness (QED) is 0.715. The summed E-state index contributed by atoms with van der Waals surface area (Å²) in [6, 6.07) is 16.1. The van der Waals surface area contributed by atoms with Crippen molar-refractivity contribution in [1.29, 1.82) is 5.26 Å². The second kappa shape index (κ2) is 8.97. The zero-order valence-electron chi connectivity index (χ0n) is 17.1. The maximum Gasteiger partial charge on any atom is 0.223 e. The molecule has 4 atom stereocenters. The van der Waals surface area contributed by atoms with Gasteiger partial charge in [0, 0.05) is 54.3 Å². The van der Waals surface area contributed by atoms with Gasteiger partial charge in [-0.25, -0.2) is 4.98 Å². The summed E-state index contributed by atoms with van der Waals surface area (Å²) in [7, 11) is -1.08.